The molecular formula is C8H15N3O2S. The number of hydrogen-bond acceptors (Lipinski definition) is 3. The summed E-state index contributed by atoms with van der Waals surface area (Å²) in [7, 11) is -3.28. The Bertz CT molecular complexity index is 375. The van der Waals surface area contributed by atoms with Gasteiger partial charge in [0.25, 0.3) is 0 Å². The summed E-state index contributed by atoms with van der Waals surface area (Å²) in [6.45, 7) is 5.15. The third-order valence-electron chi connectivity index (χ3n) is 1.79. The van der Waals surface area contributed by atoms with Crippen molar-refractivity contribution in [3.05, 3.63) is 18.2 Å². The SMILES string of the molecule is CC(C)(C)S(=O)(=O)NCc1ncc[nH]1. The van der Waals surface area contributed by atoms with E-state index in [4.69, 9.17) is 0 Å². The standard InChI is InChI=1S/C8H15N3O2S/c1-8(2,3)14(12,13)11-6-7-9-4-5-10-7/h4-5,11H,6H2,1-3H3,(H,9,10). The van der Waals surface area contributed by atoms with E-state index in [9.17, 15) is 8.42 Å². The van der Waals surface area contributed by atoms with E-state index in [-0.39, 0.29) is 6.54 Å². The van der Waals surface area contributed by atoms with E-state index < -0.39 is 14.8 Å². The first-order chi connectivity index (χ1) is 6.33. The molecular weight excluding hydrogens is 202 g/mol. The Labute approximate surface area is 84.0 Å². The Balaban J connectivity index is 2.63. The second-order valence-electron chi connectivity index (χ2n) is 3.97. The smallest absolute Gasteiger partial charge is 0.216 e. The molecule has 0 aliphatic carbocycles. The Morgan fingerprint density at radius 3 is 2.57 bits per heavy atom. The Kier molecular flexibility index (Phi) is 2.96. The van der Waals surface area contributed by atoms with Gasteiger partial charge in [-0.1, -0.05) is 0 Å². The molecule has 0 saturated carbocycles. The number of aromatic amines is 1. The molecule has 0 bridgehead atoms. The van der Waals surface area contributed by atoms with Crippen molar-refractivity contribution in [3.63, 3.8) is 0 Å². The van der Waals surface area contributed by atoms with Crippen LogP contribution in [0, 0.1) is 0 Å². The minimum atomic E-state index is -3.28. The predicted molar refractivity (Wildman–Crippen MR) is 54.1 cm³/mol. The van der Waals surface area contributed by atoms with Crippen LogP contribution in [-0.2, 0) is 16.6 Å². The summed E-state index contributed by atoms with van der Waals surface area (Å²) < 4.78 is 24.9. The van der Waals surface area contributed by atoms with Gasteiger partial charge in [0, 0.05) is 12.4 Å². The van der Waals surface area contributed by atoms with Gasteiger partial charge in [-0.05, 0) is 20.8 Å². The molecule has 0 aliphatic rings. The molecule has 1 aromatic rings. The van der Waals surface area contributed by atoms with Crippen molar-refractivity contribution >= 4 is 10.0 Å². The fourth-order valence-electron chi connectivity index (χ4n) is 0.775. The van der Waals surface area contributed by atoms with Crippen LogP contribution in [0.3, 0.4) is 0 Å². The molecule has 0 spiro atoms. The summed E-state index contributed by atoms with van der Waals surface area (Å²) in [5.74, 6) is 0.609. The normalized spacial score (nSPS) is 13.1. The molecule has 0 fully saturated rings. The lowest BCUT2D eigenvalue weighted by atomic mass is 10.3. The Hall–Kier alpha value is -0.880. The van der Waals surface area contributed by atoms with Crippen LogP contribution in [0.1, 0.15) is 26.6 Å². The maximum atomic E-state index is 11.6. The molecule has 1 rings (SSSR count). The summed E-state index contributed by atoms with van der Waals surface area (Å²) in [4.78, 5) is 6.74. The highest BCUT2D eigenvalue weighted by Gasteiger charge is 2.28. The third kappa shape index (κ3) is 2.55. The zero-order valence-electron chi connectivity index (χ0n) is 8.53. The van der Waals surface area contributed by atoms with Gasteiger partial charge in [0.15, 0.2) is 0 Å². The largest absolute Gasteiger partial charge is 0.347 e. The molecule has 0 radical (unpaired) electrons. The van der Waals surface area contributed by atoms with Gasteiger partial charge < -0.3 is 4.98 Å². The van der Waals surface area contributed by atoms with Crippen LogP contribution in [0.15, 0.2) is 12.4 Å². The average Bonchev–Trinajstić information content (AvgIpc) is 2.50. The van der Waals surface area contributed by atoms with Crippen molar-refractivity contribution in [2.24, 2.45) is 0 Å². The maximum absolute atomic E-state index is 11.6. The maximum Gasteiger partial charge on any atom is 0.216 e. The van der Waals surface area contributed by atoms with Gasteiger partial charge in [0.2, 0.25) is 10.0 Å². The van der Waals surface area contributed by atoms with E-state index in [1.165, 1.54) is 0 Å². The van der Waals surface area contributed by atoms with Crippen LogP contribution < -0.4 is 4.72 Å². The third-order valence-corrected chi connectivity index (χ3v) is 3.93. The topological polar surface area (TPSA) is 74.8 Å². The monoisotopic (exact) mass is 217 g/mol. The first kappa shape index (κ1) is 11.2. The molecule has 1 heterocycles. The molecule has 5 nitrogen and oxygen atoms in total. The molecule has 0 aliphatic heterocycles. The minimum absolute atomic E-state index is 0.201. The number of imidazole rings is 1. The van der Waals surface area contributed by atoms with Crippen molar-refractivity contribution in [2.45, 2.75) is 32.1 Å². The quantitative estimate of drug-likeness (QED) is 0.779. The molecule has 6 heteroatoms. The number of sulfonamides is 1. The van der Waals surface area contributed by atoms with Gasteiger partial charge >= 0.3 is 0 Å². The van der Waals surface area contributed by atoms with Crippen LogP contribution in [0.2, 0.25) is 0 Å². The first-order valence-electron chi connectivity index (χ1n) is 4.30. The fourth-order valence-corrected chi connectivity index (χ4v) is 1.53. The van der Waals surface area contributed by atoms with E-state index in [1.54, 1.807) is 33.2 Å². The van der Waals surface area contributed by atoms with Crippen LogP contribution in [0.25, 0.3) is 0 Å². The lowest BCUT2D eigenvalue weighted by molar-refractivity contribution is 0.543. The van der Waals surface area contributed by atoms with Crippen molar-refractivity contribution in [2.75, 3.05) is 0 Å². The van der Waals surface area contributed by atoms with Crippen LogP contribution >= 0.6 is 0 Å². The van der Waals surface area contributed by atoms with Gasteiger partial charge in [0.05, 0.1) is 11.3 Å². The Morgan fingerprint density at radius 2 is 2.14 bits per heavy atom. The van der Waals surface area contributed by atoms with Crippen molar-refractivity contribution in [1.29, 1.82) is 0 Å². The highest BCUT2D eigenvalue weighted by Crippen LogP contribution is 2.13. The van der Waals surface area contributed by atoms with Crippen molar-refractivity contribution in [1.82, 2.24) is 14.7 Å². The van der Waals surface area contributed by atoms with Crippen molar-refractivity contribution in [3.8, 4) is 0 Å². The average molecular weight is 217 g/mol. The molecule has 80 valence electrons. The second-order valence-corrected chi connectivity index (χ2v) is 6.49. The number of hydrogen-bond donors (Lipinski definition) is 2. The number of nitrogens with one attached hydrogen (secondary N) is 2. The predicted octanol–water partition coefficient (Wildman–Crippen LogP) is 0.628. The van der Waals surface area contributed by atoms with Gasteiger partial charge in [0.1, 0.15) is 5.82 Å². The molecule has 0 amide bonds. The van der Waals surface area contributed by atoms with Gasteiger partial charge in [-0.2, -0.15) is 0 Å². The molecule has 2 N–H and O–H groups in total. The summed E-state index contributed by atoms with van der Waals surface area (Å²) in [5, 5.41) is 0. The zero-order chi connectivity index (χ0) is 10.8. The molecule has 0 aromatic carbocycles. The number of aromatic nitrogens is 2. The van der Waals surface area contributed by atoms with Gasteiger partial charge in [-0.15, -0.1) is 0 Å². The zero-order valence-corrected chi connectivity index (χ0v) is 9.35. The number of nitrogens with zero attached hydrogens (tertiary/aromatic N) is 1. The van der Waals surface area contributed by atoms with Crippen LogP contribution in [0.5, 0.6) is 0 Å². The highest BCUT2D eigenvalue weighted by molar-refractivity contribution is 7.90. The van der Waals surface area contributed by atoms with Crippen LogP contribution in [-0.4, -0.2) is 23.1 Å². The highest BCUT2D eigenvalue weighted by atomic mass is 32.2. The van der Waals surface area contributed by atoms with Gasteiger partial charge in [-0.25, -0.2) is 18.1 Å². The number of H-pyrrole nitrogens is 1. The van der Waals surface area contributed by atoms with Gasteiger partial charge in [-0.3, -0.25) is 0 Å². The van der Waals surface area contributed by atoms with E-state index in [1.807, 2.05) is 0 Å². The van der Waals surface area contributed by atoms with E-state index in [0.29, 0.717) is 5.82 Å². The first-order valence-corrected chi connectivity index (χ1v) is 5.79. The minimum Gasteiger partial charge on any atom is -0.347 e. The fraction of sp³-hybridized carbons (Fsp3) is 0.625. The Morgan fingerprint density at radius 1 is 1.50 bits per heavy atom. The second kappa shape index (κ2) is 3.70. The lowest BCUT2D eigenvalue weighted by Crippen LogP contribution is -2.39. The molecule has 0 atom stereocenters. The van der Waals surface area contributed by atoms with Crippen LogP contribution in [0.4, 0.5) is 0 Å². The molecule has 14 heavy (non-hydrogen) atoms. The summed E-state index contributed by atoms with van der Waals surface area (Å²) in [6, 6.07) is 0. The molecule has 0 saturated heterocycles. The van der Waals surface area contributed by atoms with E-state index >= 15 is 0 Å². The summed E-state index contributed by atoms with van der Waals surface area (Å²) in [6.07, 6.45) is 3.24. The van der Waals surface area contributed by atoms with E-state index in [2.05, 4.69) is 14.7 Å². The summed E-state index contributed by atoms with van der Waals surface area (Å²) >= 11 is 0. The molecule has 0 unspecified atom stereocenters. The summed E-state index contributed by atoms with van der Waals surface area (Å²) in [5.41, 5.74) is 0. The lowest BCUT2D eigenvalue weighted by Gasteiger charge is -2.19. The number of rotatable bonds is 3. The van der Waals surface area contributed by atoms with E-state index in [0.717, 1.165) is 0 Å². The molecule has 1 aromatic heterocycles. The van der Waals surface area contributed by atoms with Crippen molar-refractivity contribution < 1.29 is 8.42 Å².